The van der Waals surface area contributed by atoms with Crippen LogP contribution in [0.4, 0.5) is 10.1 Å². The molecule has 0 aliphatic heterocycles. The van der Waals surface area contributed by atoms with Gasteiger partial charge in [-0.05, 0) is 24.3 Å². The molecule has 0 spiro atoms. The van der Waals surface area contributed by atoms with Crippen LogP contribution >= 0.6 is 11.6 Å². The number of anilines is 1. The van der Waals surface area contributed by atoms with E-state index in [9.17, 15) is 4.39 Å². The first-order valence-corrected chi connectivity index (χ1v) is 5.02. The second kappa shape index (κ2) is 4.41. The molecule has 16 heavy (non-hydrogen) atoms. The largest absolute Gasteiger partial charge is 0.455 e. The molecule has 0 radical (unpaired) electrons. The van der Waals surface area contributed by atoms with Crippen LogP contribution in [0.2, 0.25) is 5.02 Å². The van der Waals surface area contributed by atoms with Gasteiger partial charge in [0.1, 0.15) is 11.6 Å². The molecule has 0 bridgehead atoms. The summed E-state index contributed by atoms with van der Waals surface area (Å²) < 4.78 is 18.3. The average Bonchev–Trinajstić information content (AvgIpc) is 2.25. The molecule has 2 aromatic carbocycles. The highest BCUT2D eigenvalue weighted by Crippen LogP contribution is 2.32. The Kier molecular flexibility index (Phi) is 2.97. The minimum Gasteiger partial charge on any atom is -0.455 e. The highest BCUT2D eigenvalue weighted by Gasteiger charge is 2.05. The first-order chi connectivity index (χ1) is 7.66. The highest BCUT2D eigenvalue weighted by atomic mass is 35.5. The Morgan fingerprint density at radius 2 is 1.88 bits per heavy atom. The lowest BCUT2D eigenvalue weighted by Crippen LogP contribution is -1.92. The second-order valence-corrected chi connectivity index (χ2v) is 3.62. The zero-order valence-electron chi connectivity index (χ0n) is 8.28. The summed E-state index contributed by atoms with van der Waals surface area (Å²) >= 11 is 5.83. The molecule has 2 aromatic rings. The van der Waals surface area contributed by atoms with E-state index in [4.69, 9.17) is 22.1 Å². The highest BCUT2D eigenvalue weighted by molar-refractivity contribution is 6.33. The third-order valence-corrected chi connectivity index (χ3v) is 2.37. The quantitative estimate of drug-likeness (QED) is 0.805. The lowest BCUT2D eigenvalue weighted by molar-refractivity contribution is 0.479. The van der Waals surface area contributed by atoms with Crippen molar-refractivity contribution in [2.45, 2.75) is 0 Å². The van der Waals surface area contributed by atoms with E-state index in [1.807, 2.05) is 0 Å². The maximum absolute atomic E-state index is 12.9. The summed E-state index contributed by atoms with van der Waals surface area (Å²) in [5.41, 5.74) is 6.06. The first kappa shape index (κ1) is 10.8. The maximum Gasteiger partial charge on any atom is 0.151 e. The summed E-state index contributed by atoms with van der Waals surface area (Å²) in [7, 11) is 0. The van der Waals surface area contributed by atoms with Crippen molar-refractivity contribution in [3.63, 3.8) is 0 Å². The summed E-state index contributed by atoms with van der Waals surface area (Å²) in [6.45, 7) is 0. The molecular formula is C12H9ClFNO. The van der Waals surface area contributed by atoms with E-state index in [0.29, 0.717) is 22.2 Å². The van der Waals surface area contributed by atoms with Crippen LogP contribution in [-0.4, -0.2) is 0 Å². The van der Waals surface area contributed by atoms with Crippen molar-refractivity contribution >= 4 is 17.3 Å². The Balaban J connectivity index is 2.31. The van der Waals surface area contributed by atoms with Gasteiger partial charge < -0.3 is 10.5 Å². The van der Waals surface area contributed by atoms with Crippen LogP contribution in [0.5, 0.6) is 11.5 Å². The maximum atomic E-state index is 12.9. The summed E-state index contributed by atoms with van der Waals surface area (Å²) in [6, 6.07) is 10.9. The van der Waals surface area contributed by atoms with Gasteiger partial charge in [-0.3, -0.25) is 0 Å². The molecule has 0 aliphatic carbocycles. The number of rotatable bonds is 2. The van der Waals surface area contributed by atoms with Gasteiger partial charge in [-0.25, -0.2) is 4.39 Å². The normalized spacial score (nSPS) is 10.1. The van der Waals surface area contributed by atoms with E-state index in [1.165, 1.54) is 12.1 Å². The SMILES string of the molecule is Nc1c(Cl)cccc1Oc1cccc(F)c1. The number of hydrogen-bond donors (Lipinski definition) is 1. The number of hydrogen-bond acceptors (Lipinski definition) is 2. The third-order valence-electron chi connectivity index (χ3n) is 2.04. The molecule has 4 heteroatoms. The van der Waals surface area contributed by atoms with Crippen molar-refractivity contribution in [1.29, 1.82) is 0 Å². The molecule has 2 nitrogen and oxygen atoms in total. The number of para-hydroxylation sites is 1. The van der Waals surface area contributed by atoms with E-state index in [1.54, 1.807) is 30.3 Å². The molecular weight excluding hydrogens is 229 g/mol. The zero-order valence-corrected chi connectivity index (χ0v) is 9.04. The van der Waals surface area contributed by atoms with Crippen LogP contribution in [-0.2, 0) is 0 Å². The molecule has 0 atom stereocenters. The van der Waals surface area contributed by atoms with Crippen molar-refractivity contribution in [3.05, 3.63) is 53.3 Å². The van der Waals surface area contributed by atoms with Gasteiger partial charge in [-0.1, -0.05) is 23.7 Å². The number of ether oxygens (including phenoxy) is 1. The molecule has 82 valence electrons. The van der Waals surface area contributed by atoms with Crippen molar-refractivity contribution in [2.24, 2.45) is 0 Å². The van der Waals surface area contributed by atoms with Crippen molar-refractivity contribution in [3.8, 4) is 11.5 Å². The van der Waals surface area contributed by atoms with E-state index in [0.717, 1.165) is 0 Å². The standard InChI is InChI=1S/C12H9ClFNO/c13-10-5-2-6-11(12(10)15)16-9-4-1-3-8(14)7-9/h1-7H,15H2. The summed E-state index contributed by atoms with van der Waals surface area (Å²) in [4.78, 5) is 0. The van der Waals surface area contributed by atoms with Gasteiger partial charge in [-0.2, -0.15) is 0 Å². The fourth-order valence-corrected chi connectivity index (χ4v) is 1.43. The molecule has 0 saturated carbocycles. The summed E-state index contributed by atoms with van der Waals surface area (Å²) in [6.07, 6.45) is 0. The second-order valence-electron chi connectivity index (χ2n) is 3.21. The van der Waals surface area contributed by atoms with Crippen LogP contribution in [0.1, 0.15) is 0 Å². The van der Waals surface area contributed by atoms with E-state index in [-0.39, 0.29) is 5.82 Å². The van der Waals surface area contributed by atoms with Gasteiger partial charge in [0.2, 0.25) is 0 Å². The fourth-order valence-electron chi connectivity index (χ4n) is 1.26. The number of nitrogens with two attached hydrogens (primary N) is 1. The van der Waals surface area contributed by atoms with Crippen molar-refractivity contribution in [1.82, 2.24) is 0 Å². The molecule has 0 aliphatic rings. The minimum atomic E-state index is -0.363. The third kappa shape index (κ3) is 2.25. The van der Waals surface area contributed by atoms with Crippen LogP contribution < -0.4 is 10.5 Å². The van der Waals surface area contributed by atoms with E-state index in [2.05, 4.69) is 0 Å². The topological polar surface area (TPSA) is 35.2 Å². The lowest BCUT2D eigenvalue weighted by atomic mass is 10.3. The molecule has 0 heterocycles. The van der Waals surface area contributed by atoms with E-state index < -0.39 is 0 Å². The molecule has 0 saturated heterocycles. The molecule has 2 N–H and O–H groups in total. The molecule has 0 unspecified atom stereocenters. The monoisotopic (exact) mass is 237 g/mol. The number of nitrogen functional groups attached to an aromatic ring is 1. The van der Waals surface area contributed by atoms with Gasteiger partial charge in [0.25, 0.3) is 0 Å². The van der Waals surface area contributed by atoms with Crippen LogP contribution in [0.25, 0.3) is 0 Å². The van der Waals surface area contributed by atoms with Gasteiger partial charge >= 0.3 is 0 Å². The van der Waals surface area contributed by atoms with Crippen molar-refractivity contribution < 1.29 is 9.13 Å². The van der Waals surface area contributed by atoms with Gasteiger partial charge in [0, 0.05) is 6.07 Å². The lowest BCUT2D eigenvalue weighted by Gasteiger charge is -2.09. The Hall–Kier alpha value is -1.74. The Bertz CT molecular complexity index is 516. The fraction of sp³-hybridized carbons (Fsp3) is 0. The average molecular weight is 238 g/mol. The Labute approximate surface area is 97.4 Å². The summed E-state index contributed by atoms with van der Waals surface area (Å²) in [5, 5.41) is 0.411. The van der Waals surface area contributed by atoms with Gasteiger partial charge in [0.05, 0.1) is 10.7 Å². The Morgan fingerprint density at radius 3 is 2.62 bits per heavy atom. The summed E-state index contributed by atoms with van der Waals surface area (Å²) in [5.74, 6) is 0.435. The number of benzene rings is 2. The smallest absolute Gasteiger partial charge is 0.151 e. The predicted octanol–water partition coefficient (Wildman–Crippen LogP) is 3.85. The predicted molar refractivity (Wildman–Crippen MR) is 62.3 cm³/mol. The number of halogens is 2. The van der Waals surface area contributed by atoms with Gasteiger partial charge in [-0.15, -0.1) is 0 Å². The van der Waals surface area contributed by atoms with Crippen LogP contribution in [0.3, 0.4) is 0 Å². The minimum absolute atomic E-state index is 0.341. The molecule has 0 amide bonds. The Morgan fingerprint density at radius 1 is 1.12 bits per heavy atom. The van der Waals surface area contributed by atoms with Gasteiger partial charge in [0.15, 0.2) is 5.75 Å². The molecule has 0 aromatic heterocycles. The molecule has 2 rings (SSSR count). The van der Waals surface area contributed by atoms with Crippen LogP contribution in [0, 0.1) is 5.82 Å². The van der Waals surface area contributed by atoms with Crippen LogP contribution in [0.15, 0.2) is 42.5 Å². The van der Waals surface area contributed by atoms with Crippen molar-refractivity contribution in [2.75, 3.05) is 5.73 Å². The molecule has 0 fully saturated rings. The van der Waals surface area contributed by atoms with E-state index >= 15 is 0 Å². The zero-order chi connectivity index (χ0) is 11.5. The first-order valence-electron chi connectivity index (χ1n) is 4.64.